The van der Waals surface area contributed by atoms with E-state index in [4.69, 9.17) is 0 Å². The van der Waals surface area contributed by atoms with Crippen molar-refractivity contribution in [2.75, 3.05) is 20.1 Å². The second-order valence-corrected chi connectivity index (χ2v) is 7.14. The van der Waals surface area contributed by atoms with E-state index < -0.39 is 0 Å². The third kappa shape index (κ3) is 4.03. The van der Waals surface area contributed by atoms with E-state index in [0.717, 1.165) is 36.4 Å². The van der Waals surface area contributed by atoms with Gasteiger partial charge in [-0.05, 0) is 48.7 Å². The number of piperidine rings is 1. The van der Waals surface area contributed by atoms with Crippen molar-refractivity contribution in [2.24, 2.45) is 0 Å². The molecule has 1 aliphatic rings. The third-order valence-electron chi connectivity index (χ3n) is 5.26. The molecule has 1 aliphatic heterocycles. The van der Waals surface area contributed by atoms with Crippen LogP contribution in [0.1, 0.15) is 40.5 Å². The molecule has 1 fully saturated rings. The van der Waals surface area contributed by atoms with E-state index in [1.54, 1.807) is 31.3 Å². The van der Waals surface area contributed by atoms with E-state index in [-0.39, 0.29) is 17.7 Å². The number of carbonyl (C=O) groups excluding carboxylic acids is 2. The van der Waals surface area contributed by atoms with Crippen LogP contribution in [-0.4, -0.2) is 51.4 Å². The normalized spacial score (nSPS) is 17.0. The Morgan fingerprint density at radius 3 is 2.76 bits per heavy atom. The monoisotopic (exact) mass is 389 g/mol. The first-order valence-electron chi connectivity index (χ1n) is 9.74. The van der Waals surface area contributed by atoms with E-state index >= 15 is 0 Å². The molecule has 0 saturated carbocycles. The molecule has 0 aliphatic carbocycles. The van der Waals surface area contributed by atoms with Crippen molar-refractivity contribution in [3.8, 4) is 0 Å². The second kappa shape index (κ2) is 8.26. The molecule has 2 amide bonds. The molecule has 3 aromatic rings. The Morgan fingerprint density at radius 2 is 1.97 bits per heavy atom. The largest absolute Gasteiger partial charge is 0.355 e. The van der Waals surface area contributed by atoms with Gasteiger partial charge < -0.3 is 10.2 Å². The van der Waals surface area contributed by atoms with Gasteiger partial charge in [-0.1, -0.05) is 18.2 Å². The van der Waals surface area contributed by atoms with Gasteiger partial charge >= 0.3 is 0 Å². The zero-order chi connectivity index (χ0) is 20.2. The van der Waals surface area contributed by atoms with E-state index in [1.165, 1.54) is 0 Å². The highest BCUT2D eigenvalue weighted by atomic mass is 16.2. The van der Waals surface area contributed by atoms with Gasteiger partial charge in [0.2, 0.25) is 5.91 Å². The maximum Gasteiger partial charge on any atom is 0.251 e. The van der Waals surface area contributed by atoms with E-state index in [9.17, 15) is 9.59 Å². The van der Waals surface area contributed by atoms with Gasteiger partial charge in [-0.15, -0.1) is 10.2 Å². The number of nitrogens with one attached hydrogen (secondary N) is 1. The first kappa shape index (κ1) is 18.9. The number of carbonyl (C=O) groups is 2. The summed E-state index contributed by atoms with van der Waals surface area (Å²) in [6.45, 7) is 1.38. The number of benzene rings is 1. The summed E-state index contributed by atoms with van der Waals surface area (Å²) >= 11 is 0. The molecule has 2 aromatic heterocycles. The molecule has 0 bridgehead atoms. The molecule has 1 unspecified atom stereocenters. The van der Waals surface area contributed by atoms with E-state index in [1.807, 2.05) is 45.8 Å². The van der Waals surface area contributed by atoms with Crippen LogP contribution in [-0.2, 0) is 4.79 Å². The van der Waals surface area contributed by atoms with E-state index in [0.29, 0.717) is 12.1 Å². The number of hydrogen-bond acceptors (Lipinski definition) is 4. The minimum atomic E-state index is -0.128. The van der Waals surface area contributed by atoms with Crippen LogP contribution < -0.4 is 5.32 Å². The number of rotatable bonds is 4. The maximum absolute atomic E-state index is 12.7. The Bertz CT molecular complexity index is 1050. The summed E-state index contributed by atoms with van der Waals surface area (Å²) in [5.74, 6) is 0.938. The summed E-state index contributed by atoms with van der Waals surface area (Å²) in [7, 11) is 1.60. The molecule has 0 radical (unpaired) electrons. The van der Waals surface area contributed by atoms with Crippen molar-refractivity contribution < 1.29 is 9.59 Å². The predicted molar refractivity (Wildman–Crippen MR) is 110 cm³/mol. The Hall–Kier alpha value is -3.48. The van der Waals surface area contributed by atoms with Crippen LogP contribution in [0.4, 0.5) is 0 Å². The fourth-order valence-corrected chi connectivity index (χ4v) is 3.69. The van der Waals surface area contributed by atoms with Crippen molar-refractivity contribution in [1.82, 2.24) is 24.8 Å². The van der Waals surface area contributed by atoms with Gasteiger partial charge in [-0.25, -0.2) is 0 Å². The smallest absolute Gasteiger partial charge is 0.251 e. The molecule has 29 heavy (non-hydrogen) atoms. The molecule has 1 saturated heterocycles. The molecule has 7 nitrogen and oxygen atoms in total. The van der Waals surface area contributed by atoms with Crippen LogP contribution in [0.25, 0.3) is 11.7 Å². The summed E-state index contributed by atoms with van der Waals surface area (Å²) < 4.78 is 2.00. The van der Waals surface area contributed by atoms with Gasteiger partial charge in [-0.2, -0.15) is 0 Å². The van der Waals surface area contributed by atoms with Crippen LogP contribution >= 0.6 is 0 Å². The average molecular weight is 389 g/mol. The number of fused-ring (bicyclic) bond motifs is 1. The zero-order valence-electron chi connectivity index (χ0n) is 16.3. The summed E-state index contributed by atoms with van der Waals surface area (Å²) in [5.41, 5.74) is 2.30. The highest BCUT2D eigenvalue weighted by molar-refractivity contribution is 5.94. The zero-order valence-corrected chi connectivity index (χ0v) is 16.3. The molecular formula is C22H23N5O2. The Balaban J connectivity index is 1.43. The number of hydrogen-bond donors (Lipinski definition) is 1. The number of amides is 2. The lowest BCUT2D eigenvalue weighted by molar-refractivity contribution is -0.127. The van der Waals surface area contributed by atoms with Gasteiger partial charge in [0.25, 0.3) is 5.91 Å². The SMILES string of the molecule is CNC(=O)c1ccc(/C=C/C(=O)N2CCCC(c3nnc4ccccn34)C2)cc1. The number of aromatic nitrogens is 3. The molecule has 4 rings (SSSR count). The topological polar surface area (TPSA) is 79.6 Å². The van der Waals surface area contributed by atoms with Crippen LogP contribution in [0.3, 0.4) is 0 Å². The molecule has 3 heterocycles. The van der Waals surface area contributed by atoms with Crippen molar-refractivity contribution in [3.05, 3.63) is 71.7 Å². The minimum absolute atomic E-state index is 0.0149. The Kier molecular flexibility index (Phi) is 5.37. The lowest BCUT2D eigenvalue weighted by atomic mass is 9.97. The highest BCUT2D eigenvalue weighted by Crippen LogP contribution is 2.26. The fourth-order valence-electron chi connectivity index (χ4n) is 3.69. The molecule has 1 aromatic carbocycles. The molecule has 1 atom stereocenters. The molecule has 0 spiro atoms. The Labute approximate surface area is 169 Å². The minimum Gasteiger partial charge on any atom is -0.355 e. The van der Waals surface area contributed by atoms with Crippen molar-refractivity contribution in [3.63, 3.8) is 0 Å². The van der Waals surface area contributed by atoms with Crippen LogP contribution in [0.15, 0.2) is 54.7 Å². The fraction of sp³-hybridized carbons (Fsp3) is 0.273. The number of likely N-dealkylation sites (tertiary alicyclic amines) is 1. The van der Waals surface area contributed by atoms with Gasteiger partial charge in [0.1, 0.15) is 5.82 Å². The third-order valence-corrected chi connectivity index (χ3v) is 5.26. The quantitative estimate of drug-likeness (QED) is 0.696. The van der Waals surface area contributed by atoms with Crippen LogP contribution in [0.5, 0.6) is 0 Å². The van der Waals surface area contributed by atoms with Gasteiger partial charge in [0.15, 0.2) is 5.65 Å². The summed E-state index contributed by atoms with van der Waals surface area (Å²) in [6, 6.07) is 13.0. The van der Waals surface area contributed by atoms with Crippen molar-refractivity contribution in [2.45, 2.75) is 18.8 Å². The molecule has 1 N–H and O–H groups in total. The predicted octanol–water partition coefficient (Wildman–Crippen LogP) is 2.51. The number of pyridine rings is 1. The molecular weight excluding hydrogens is 366 g/mol. The average Bonchev–Trinajstić information content (AvgIpc) is 3.21. The standard InChI is InChI=1S/C22H23N5O2/c1-23-22(29)17-10-7-16(8-11-17)9-12-20(28)26-13-4-5-18(15-26)21-25-24-19-6-2-3-14-27(19)21/h2-3,6-12,14,18H,4-5,13,15H2,1H3,(H,23,29)/b12-9+. The first-order valence-corrected chi connectivity index (χ1v) is 9.74. The van der Waals surface area contributed by atoms with Gasteiger partial charge in [0.05, 0.1) is 0 Å². The lowest BCUT2D eigenvalue weighted by Gasteiger charge is -2.31. The van der Waals surface area contributed by atoms with Crippen LogP contribution in [0, 0.1) is 0 Å². The number of nitrogens with zero attached hydrogens (tertiary/aromatic N) is 4. The summed E-state index contributed by atoms with van der Waals surface area (Å²) in [5, 5.41) is 11.2. The van der Waals surface area contributed by atoms with Crippen LogP contribution in [0.2, 0.25) is 0 Å². The molecule has 148 valence electrons. The van der Waals surface area contributed by atoms with Crippen molar-refractivity contribution >= 4 is 23.5 Å². The van der Waals surface area contributed by atoms with Gasteiger partial charge in [-0.3, -0.25) is 14.0 Å². The second-order valence-electron chi connectivity index (χ2n) is 7.14. The highest BCUT2D eigenvalue weighted by Gasteiger charge is 2.27. The Morgan fingerprint density at radius 1 is 1.14 bits per heavy atom. The lowest BCUT2D eigenvalue weighted by Crippen LogP contribution is -2.38. The first-order chi connectivity index (χ1) is 14.2. The maximum atomic E-state index is 12.7. The van der Waals surface area contributed by atoms with Crippen molar-refractivity contribution in [1.29, 1.82) is 0 Å². The molecule has 7 heteroatoms. The van der Waals surface area contributed by atoms with E-state index in [2.05, 4.69) is 15.5 Å². The summed E-state index contributed by atoms with van der Waals surface area (Å²) in [4.78, 5) is 26.2. The van der Waals surface area contributed by atoms with Gasteiger partial charge in [0, 0.05) is 43.9 Å². The summed E-state index contributed by atoms with van der Waals surface area (Å²) in [6.07, 6.45) is 7.27.